The van der Waals surface area contributed by atoms with E-state index in [0.29, 0.717) is 11.9 Å². The summed E-state index contributed by atoms with van der Waals surface area (Å²) in [5.41, 5.74) is -0.313. The van der Waals surface area contributed by atoms with E-state index in [0.717, 1.165) is 38.2 Å². The molecule has 0 radical (unpaired) electrons. The topological polar surface area (TPSA) is 50.4 Å². The van der Waals surface area contributed by atoms with Gasteiger partial charge in [0, 0.05) is 36.2 Å². The van der Waals surface area contributed by atoms with Crippen LogP contribution >= 0.6 is 23.5 Å². The summed E-state index contributed by atoms with van der Waals surface area (Å²) < 4.78 is 5.30. The molecule has 0 aromatic carbocycles. The van der Waals surface area contributed by atoms with E-state index in [1.165, 1.54) is 11.5 Å². The lowest BCUT2D eigenvalue weighted by atomic mass is 9.78. The monoisotopic (exact) mass is 304 g/mol. The van der Waals surface area contributed by atoms with Gasteiger partial charge in [-0.1, -0.05) is 0 Å². The Hall–Kier alpha value is 0.0900. The van der Waals surface area contributed by atoms with E-state index < -0.39 is 0 Å². The van der Waals surface area contributed by atoms with E-state index in [4.69, 9.17) is 4.74 Å². The Balaban J connectivity index is 1.84. The molecule has 2 fully saturated rings. The Morgan fingerprint density at radius 1 is 1.42 bits per heavy atom. The van der Waals surface area contributed by atoms with Gasteiger partial charge in [0.1, 0.15) is 0 Å². The average molecular weight is 304 g/mol. The molecule has 1 atom stereocenters. The normalized spacial score (nSPS) is 26.9. The zero-order valence-corrected chi connectivity index (χ0v) is 13.2. The molecule has 110 valence electrons. The molecule has 2 rings (SSSR count). The van der Waals surface area contributed by atoms with Crippen molar-refractivity contribution in [2.45, 2.75) is 18.1 Å². The van der Waals surface area contributed by atoms with Crippen LogP contribution in [0.1, 0.15) is 12.8 Å². The number of ether oxygens (including phenoxy) is 1. The van der Waals surface area contributed by atoms with Crippen LogP contribution in [-0.2, 0) is 9.53 Å². The molecule has 4 nitrogen and oxygen atoms in total. The lowest BCUT2D eigenvalue weighted by Gasteiger charge is -2.36. The number of hydrogen-bond donors (Lipinski definition) is 2. The molecule has 2 N–H and O–H groups in total. The fraction of sp³-hybridized carbons (Fsp3) is 0.923. The second kappa shape index (κ2) is 7.76. The van der Waals surface area contributed by atoms with Gasteiger partial charge >= 0.3 is 0 Å². The van der Waals surface area contributed by atoms with Gasteiger partial charge in [0.25, 0.3) is 0 Å². The van der Waals surface area contributed by atoms with Crippen molar-refractivity contribution in [2.75, 3.05) is 50.6 Å². The molecule has 0 spiro atoms. The third-order valence-corrected chi connectivity index (χ3v) is 6.68. The molecule has 2 heterocycles. The van der Waals surface area contributed by atoms with E-state index in [1.807, 2.05) is 23.5 Å². The summed E-state index contributed by atoms with van der Waals surface area (Å²) in [6.45, 7) is 3.15. The molecule has 1 unspecified atom stereocenters. The van der Waals surface area contributed by atoms with Crippen LogP contribution in [-0.4, -0.2) is 61.8 Å². The van der Waals surface area contributed by atoms with Crippen molar-refractivity contribution in [1.29, 1.82) is 0 Å². The predicted octanol–water partition coefficient (Wildman–Crippen LogP) is 0.967. The number of amides is 1. The second-order valence-corrected chi connectivity index (χ2v) is 7.80. The lowest BCUT2D eigenvalue weighted by Crippen LogP contribution is -2.51. The van der Waals surface area contributed by atoms with Crippen LogP contribution in [0.5, 0.6) is 0 Å². The van der Waals surface area contributed by atoms with Gasteiger partial charge in [-0.25, -0.2) is 0 Å². The number of hydrogen-bond acceptors (Lipinski definition) is 5. The Bertz CT molecular complexity index is 285. The minimum Gasteiger partial charge on any atom is -0.384 e. The highest BCUT2D eigenvalue weighted by Crippen LogP contribution is 2.30. The van der Waals surface area contributed by atoms with E-state index in [-0.39, 0.29) is 11.3 Å². The minimum absolute atomic E-state index is 0.187. The van der Waals surface area contributed by atoms with Gasteiger partial charge in [-0.2, -0.15) is 23.5 Å². The Morgan fingerprint density at radius 3 is 2.84 bits per heavy atom. The predicted molar refractivity (Wildman–Crippen MR) is 83.0 cm³/mol. The number of nitrogens with one attached hydrogen (secondary N) is 2. The van der Waals surface area contributed by atoms with Crippen molar-refractivity contribution < 1.29 is 9.53 Å². The summed E-state index contributed by atoms with van der Waals surface area (Å²) >= 11 is 3.98. The Morgan fingerprint density at radius 2 is 2.21 bits per heavy atom. The smallest absolute Gasteiger partial charge is 0.228 e. The van der Waals surface area contributed by atoms with E-state index >= 15 is 0 Å². The SMILES string of the molecule is COCC1(C(=O)NCC2CSCCS2)CCNCC1. The molecule has 0 aliphatic carbocycles. The number of carbonyl (C=O) groups is 1. The molecule has 2 aliphatic heterocycles. The lowest BCUT2D eigenvalue weighted by molar-refractivity contribution is -0.136. The summed E-state index contributed by atoms with van der Waals surface area (Å²) in [7, 11) is 1.69. The first-order valence-electron chi connectivity index (χ1n) is 6.94. The molecule has 1 amide bonds. The second-order valence-electron chi connectivity index (χ2n) is 5.24. The van der Waals surface area contributed by atoms with Gasteiger partial charge in [0.15, 0.2) is 0 Å². The van der Waals surface area contributed by atoms with Gasteiger partial charge in [0.05, 0.1) is 12.0 Å². The van der Waals surface area contributed by atoms with Crippen molar-refractivity contribution >= 4 is 29.4 Å². The molecule has 2 saturated heterocycles. The molecule has 0 aromatic heterocycles. The molecular formula is C13H24N2O2S2. The number of thioether (sulfide) groups is 2. The van der Waals surface area contributed by atoms with Crippen molar-refractivity contribution in [3.05, 3.63) is 0 Å². The highest BCUT2D eigenvalue weighted by molar-refractivity contribution is 8.06. The van der Waals surface area contributed by atoms with Crippen LogP contribution < -0.4 is 10.6 Å². The van der Waals surface area contributed by atoms with Crippen LogP contribution in [0, 0.1) is 5.41 Å². The average Bonchev–Trinajstić information content (AvgIpc) is 2.47. The molecule has 6 heteroatoms. The Kier molecular flexibility index (Phi) is 6.32. The van der Waals surface area contributed by atoms with Crippen LogP contribution in [0.25, 0.3) is 0 Å². The molecule has 2 aliphatic rings. The van der Waals surface area contributed by atoms with Crippen LogP contribution in [0.3, 0.4) is 0 Å². The van der Waals surface area contributed by atoms with Gasteiger partial charge in [-0.3, -0.25) is 4.79 Å². The maximum absolute atomic E-state index is 12.5. The molecule has 0 bridgehead atoms. The van der Waals surface area contributed by atoms with Crippen molar-refractivity contribution in [3.8, 4) is 0 Å². The third-order valence-electron chi connectivity index (χ3n) is 3.84. The van der Waals surface area contributed by atoms with Crippen molar-refractivity contribution in [1.82, 2.24) is 10.6 Å². The zero-order valence-electron chi connectivity index (χ0n) is 11.6. The van der Waals surface area contributed by atoms with Crippen LogP contribution in [0.15, 0.2) is 0 Å². The van der Waals surface area contributed by atoms with Gasteiger partial charge in [-0.15, -0.1) is 0 Å². The summed E-state index contributed by atoms with van der Waals surface area (Å²) in [6.07, 6.45) is 1.75. The number of piperidine rings is 1. The first-order chi connectivity index (χ1) is 9.27. The molecule has 0 saturated carbocycles. The van der Waals surface area contributed by atoms with Gasteiger partial charge < -0.3 is 15.4 Å². The zero-order chi connectivity index (χ0) is 13.6. The Labute approximate surface area is 124 Å². The van der Waals surface area contributed by atoms with Crippen LogP contribution in [0.4, 0.5) is 0 Å². The highest BCUT2D eigenvalue weighted by Gasteiger charge is 2.39. The minimum atomic E-state index is -0.313. The molecule has 19 heavy (non-hydrogen) atoms. The summed E-state index contributed by atoms with van der Waals surface area (Å²) in [6, 6.07) is 0. The first-order valence-corrected chi connectivity index (χ1v) is 9.14. The van der Waals surface area contributed by atoms with Crippen molar-refractivity contribution in [3.63, 3.8) is 0 Å². The standard InChI is InChI=1S/C13H24N2O2S2/c1-17-10-13(2-4-14-5-3-13)12(16)15-8-11-9-18-6-7-19-11/h11,14H,2-10H2,1H3,(H,15,16). The van der Waals surface area contributed by atoms with Crippen LogP contribution in [0.2, 0.25) is 0 Å². The number of carbonyl (C=O) groups excluding carboxylic acids is 1. The van der Waals surface area contributed by atoms with E-state index in [1.54, 1.807) is 7.11 Å². The first kappa shape index (κ1) is 15.5. The highest BCUT2D eigenvalue weighted by atomic mass is 32.2. The van der Waals surface area contributed by atoms with E-state index in [2.05, 4.69) is 10.6 Å². The fourth-order valence-electron chi connectivity index (χ4n) is 2.67. The largest absolute Gasteiger partial charge is 0.384 e. The number of methoxy groups -OCH3 is 1. The van der Waals surface area contributed by atoms with Crippen molar-refractivity contribution in [2.24, 2.45) is 5.41 Å². The number of rotatable bonds is 5. The maximum atomic E-state index is 12.5. The summed E-state index contributed by atoms with van der Waals surface area (Å²) in [4.78, 5) is 12.5. The quantitative estimate of drug-likeness (QED) is 0.792. The molecule has 0 aromatic rings. The van der Waals surface area contributed by atoms with Gasteiger partial charge in [0.2, 0.25) is 5.91 Å². The fourth-order valence-corrected chi connectivity index (χ4v) is 5.28. The van der Waals surface area contributed by atoms with Gasteiger partial charge in [-0.05, 0) is 25.9 Å². The maximum Gasteiger partial charge on any atom is 0.228 e. The molecular weight excluding hydrogens is 280 g/mol. The summed E-state index contributed by atoms with van der Waals surface area (Å²) in [5.74, 6) is 3.79. The van der Waals surface area contributed by atoms with E-state index in [9.17, 15) is 4.79 Å². The third kappa shape index (κ3) is 4.28. The summed E-state index contributed by atoms with van der Waals surface area (Å²) in [5, 5.41) is 7.06.